The standard InChI is InChI=1S/C16H21ClN2S/c1-19(2)16(8-5-9-16)11-18-10-14-15(17)12-6-3-4-7-13(12)20-14/h3-4,6-7,18H,5,8-11H2,1-2H3. The Hall–Kier alpha value is -0.610. The fourth-order valence-electron chi connectivity index (χ4n) is 2.95. The van der Waals surface area contributed by atoms with Gasteiger partial charge in [-0.15, -0.1) is 11.3 Å². The van der Waals surface area contributed by atoms with Gasteiger partial charge >= 0.3 is 0 Å². The third-order valence-electron chi connectivity index (χ3n) is 4.57. The summed E-state index contributed by atoms with van der Waals surface area (Å²) in [5.74, 6) is 0. The van der Waals surface area contributed by atoms with Crippen LogP contribution >= 0.6 is 22.9 Å². The van der Waals surface area contributed by atoms with Crippen molar-refractivity contribution in [1.29, 1.82) is 0 Å². The summed E-state index contributed by atoms with van der Waals surface area (Å²) in [7, 11) is 4.38. The monoisotopic (exact) mass is 308 g/mol. The molecule has 2 aromatic rings. The summed E-state index contributed by atoms with van der Waals surface area (Å²) in [5.41, 5.74) is 0.364. The van der Waals surface area contributed by atoms with E-state index < -0.39 is 0 Å². The maximum absolute atomic E-state index is 6.48. The van der Waals surface area contributed by atoms with Crippen LogP contribution in [0.5, 0.6) is 0 Å². The van der Waals surface area contributed by atoms with Gasteiger partial charge in [-0.2, -0.15) is 0 Å². The van der Waals surface area contributed by atoms with Gasteiger partial charge in [-0.05, 0) is 39.4 Å². The minimum Gasteiger partial charge on any atom is -0.310 e. The molecule has 1 aliphatic carbocycles. The second-order valence-corrected chi connectivity index (χ2v) is 7.43. The molecule has 0 amide bonds. The summed E-state index contributed by atoms with van der Waals surface area (Å²) in [6, 6.07) is 8.36. The van der Waals surface area contributed by atoms with Crippen LogP contribution in [0.15, 0.2) is 24.3 Å². The number of fused-ring (bicyclic) bond motifs is 1. The van der Waals surface area contributed by atoms with Crippen LogP contribution in [-0.4, -0.2) is 31.1 Å². The Balaban J connectivity index is 1.67. The van der Waals surface area contributed by atoms with Gasteiger partial charge in [0.05, 0.1) is 5.02 Å². The van der Waals surface area contributed by atoms with E-state index in [-0.39, 0.29) is 0 Å². The lowest BCUT2D eigenvalue weighted by Gasteiger charge is -2.47. The highest BCUT2D eigenvalue weighted by Crippen LogP contribution is 2.37. The van der Waals surface area contributed by atoms with E-state index in [1.54, 1.807) is 11.3 Å². The number of nitrogens with one attached hydrogen (secondary N) is 1. The van der Waals surface area contributed by atoms with E-state index in [1.165, 1.54) is 34.2 Å². The summed E-state index contributed by atoms with van der Waals surface area (Å²) < 4.78 is 1.28. The molecule has 0 spiro atoms. The van der Waals surface area contributed by atoms with Crippen molar-refractivity contribution in [3.05, 3.63) is 34.2 Å². The molecule has 108 valence electrons. The molecule has 0 bridgehead atoms. The minimum atomic E-state index is 0.364. The molecule has 0 saturated heterocycles. The van der Waals surface area contributed by atoms with Crippen LogP contribution in [0.3, 0.4) is 0 Å². The SMILES string of the molecule is CN(C)C1(CNCc2sc3ccccc3c2Cl)CCC1. The average molecular weight is 309 g/mol. The van der Waals surface area contributed by atoms with Crippen molar-refractivity contribution < 1.29 is 0 Å². The first-order chi connectivity index (χ1) is 9.62. The number of likely N-dealkylation sites (N-methyl/N-ethyl adjacent to an activating group) is 1. The molecule has 1 heterocycles. The molecule has 3 rings (SSSR count). The third kappa shape index (κ3) is 2.48. The highest BCUT2D eigenvalue weighted by Gasteiger charge is 2.38. The lowest BCUT2D eigenvalue weighted by Crippen LogP contribution is -2.56. The molecule has 20 heavy (non-hydrogen) atoms. The molecule has 4 heteroatoms. The highest BCUT2D eigenvalue weighted by atomic mass is 35.5. The molecule has 0 aliphatic heterocycles. The van der Waals surface area contributed by atoms with E-state index >= 15 is 0 Å². The van der Waals surface area contributed by atoms with Crippen molar-refractivity contribution >= 4 is 33.0 Å². The first-order valence-corrected chi connectivity index (χ1v) is 8.36. The number of halogens is 1. The van der Waals surface area contributed by atoms with Crippen molar-refractivity contribution in [3.8, 4) is 0 Å². The van der Waals surface area contributed by atoms with Crippen LogP contribution in [0.1, 0.15) is 24.1 Å². The fourth-order valence-corrected chi connectivity index (χ4v) is 4.42. The van der Waals surface area contributed by atoms with Gasteiger partial charge in [0, 0.05) is 33.6 Å². The first-order valence-electron chi connectivity index (χ1n) is 7.16. The zero-order chi connectivity index (χ0) is 14.2. The van der Waals surface area contributed by atoms with Gasteiger partial charge in [-0.1, -0.05) is 29.8 Å². The number of hydrogen-bond donors (Lipinski definition) is 1. The molecule has 0 unspecified atom stereocenters. The number of rotatable bonds is 5. The van der Waals surface area contributed by atoms with Crippen molar-refractivity contribution in [2.24, 2.45) is 0 Å². The van der Waals surface area contributed by atoms with Gasteiger partial charge in [-0.3, -0.25) is 0 Å². The van der Waals surface area contributed by atoms with E-state index in [9.17, 15) is 0 Å². The molecule has 0 atom stereocenters. The van der Waals surface area contributed by atoms with E-state index in [0.29, 0.717) is 5.54 Å². The Morgan fingerprint density at radius 3 is 2.65 bits per heavy atom. The second-order valence-electron chi connectivity index (χ2n) is 5.91. The fraction of sp³-hybridized carbons (Fsp3) is 0.500. The van der Waals surface area contributed by atoms with Gasteiger partial charge in [0.15, 0.2) is 0 Å². The van der Waals surface area contributed by atoms with Crippen LogP contribution in [-0.2, 0) is 6.54 Å². The predicted molar refractivity (Wildman–Crippen MR) is 88.8 cm³/mol. The summed E-state index contributed by atoms with van der Waals surface area (Å²) in [6.45, 7) is 1.92. The van der Waals surface area contributed by atoms with Crippen molar-refractivity contribution in [1.82, 2.24) is 10.2 Å². The van der Waals surface area contributed by atoms with Crippen LogP contribution < -0.4 is 5.32 Å². The van der Waals surface area contributed by atoms with E-state index in [1.807, 2.05) is 6.07 Å². The maximum atomic E-state index is 6.48. The lowest BCUT2D eigenvalue weighted by molar-refractivity contribution is 0.0599. The van der Waals surface area contributed by atoms with Crippen molar-refractivity contribution in [2.75, 3.05) is 20.6 Å². The minimum absolute atomic E-state index is 0.364. The Morgan fingerprint density at radius 2 is 2.05 bits per heavy atom. The Labute approximate surface area is 129 Å². The van der Waals surface area contributed by atoms with Gasteiger partial charge in [0.1, 0.15) is 0 Å². The molecule has 1 N–H and O–H groups in total. The Kier molecular flexibility index (Phi) is 4.04. The third-order valence-corrected chi connectivity index (χ3v) is 6.29. The number of nitrogens with zero attached hydrogens (tertiary/aromatic N) is 1. The summed E-state index contributed by atoms with van der Waals surface area (Å²) in [6.07, 6.45) is 3.95. The molecule has 1 aromatic carbocycles. The normalized spacial score (nSPS) is 17.6. The van der Waals surface area contributed by atoms with E-state index in [0.717, 1.165) is 18.1 Å². The zero-order valence-corrected chi connectivity index (χ0v) is 13.7. The molecule has 1 saturated carbocycles. The topological polar surface area (TPSA) is 15.3 Å². The van der Waals surface area contributed by atoms with Crippen LogP contribution in [0, 0.1) is 0 Å². The smallest absolute Gasteiger partial charge is 0.0636 e. The van der Waals surface area contributed by atoms with Gasteiger partial charge in [0.2, 0.25) is 0 Å². The Morgan fingerprint density at radius 1 is 1.30 bits per heavy atom. The molecular formula is C16H21ClN2S. The lowest BCUT2D eigenvalue weighted by atomic mass is 9.75. The predicted octanol–water partition coefficient (Wildman–Crippen LogP) is 4.13. The van der Waals surface area contributed by atoms with Crippen LogP contribution in [0.25, 0.3) is 10.1 Å². The number of benzene rings is 1. The molecule has 2 nitrogen and oxygen atoms in total. The second kappa shape index (κ2) is 5.64. The largest absolute Gasteiger partial charge is 0.310 e. The molecule has 1 aliphatic rings. The van der Waals surface area contributed by atoms with Crippen molar-refractivity contribution in [3.63, 3.8) is 0 Å². The number of thiophene rings is 1. The Bertz CT molecular complexity index is 602. The summed E-state index contributed by atoms with van der Waals surface area (Å²) >= 11 is 8.28. The first kappa shape index (κ1) is 14.3. The average Bonchev–Trinajstić information content (AvgIpc) is 2.70. The van der Waals surface area contributed by atoms with Crippen molar-refractivity contribution in [2.45, 2.75) is 31.3 Å². The molecule has 1 fully saturated rings. The quantitative estimate of drug-likeness (QED) is 0.893. The maximum Gasteiger partial charge on any atom is 0.0636 e. The molecule has 0 radical (unpaired) electrons. The van der Waals surface area contributed by atoms with Gasteiger partial charge < -0.3 is 10.2 Å². The molecular weight excluding hydrogens is 288 g/mol. The van der Waals surface area contributed by atoms with Crippen LogP contribution in [0.4, 0.5) is 0 Å². The summed E-state index contributed by atoms with van der Waals surface area (Å²) in [5, 5.41) is 5.72. The van der Waals surface area contributed by atoms with Crippen LogP contribution in [0.2, 0.25) is 5.02 Å². The van der Waals surface area contributed by atoms with E-state index in [2.05, 4.69) is 42.5 Å². The highest BCUT2D eigenvalue weighted by molar-refractivity contribution is 7.19. The van der Waals surface area contributed by atoms with E-state index in [4.69, 9.17) is 11.6 Å². The summed E-state index contributed by atoms with van der Waals surface area (Å²) in [4.78, 5) is 3.62. The van der Waals surface area contributed by atoms with Gasteiger partial charge in [-0.25, -0.2) is 0 Å². The van der Waals surface area contributed by atoms with Gasteiger partial charge in [0.25, 0.3) is 0 Å². The number of hydrogen-bond acceptors (Lipinski definition) is 3. The molecule has 1 aromatic heterocycles. The zero-order valence-electron chi connectivity index (χ0n) is 12.1.